The van der Waals surface area contributed by atoms with Gasteiger partial charge in [0.05, 0.1) is 30.4 Å². The summed E-state index contributed by atoms with van der Waals surface area (Å²) in [5.74, 6) is -3.51. The molecule has 6 amide bonds. The lowest BCUT2D eigenvalue weighted by atomic mass is 9.76. The molecule has 6 atom stereocenters. The van der Waals surface area contributed by atoms with Gasteiger partial charge < -0.3 is 51.0 Å². The van der Waals surface area contributed by atoms with Crippen LogP contribution < -0.4 is 36.8 Å². The lowest BCUT2D eigenvalue weighted by Crippen LogP contribution is -2.61. The van der Waals surface area contributed by atoms with Crippen molar-refractivity contribution in [1.82, 2.24) is 26.2 Å². The standard InChI is InChI=1S/C65H86N8O10/c1-40(2)53(34-42(5)62(80)81)72(13)61(79)57(64(7,8)9)71-60(78)56(66-12)65(10,11)49-24-19-25-51(35-49)70-63(82)83-39-44-28-32-50(33-29-44)69-58(76)43(6)68-59(77)55(41(3)4)67-36-45(38-74)20-18-27-54(75)73-37-48-23-15-14-21-46(48)30-31-47-22-16-17-26-52(47)73/h14-17,19,21-26,28-35,38,40-41,43,45,53,55-57,66-67H,18,20,27,36-37,39H2,1-13H3,(H,68,77)(H,69,76)(H,70,82)(H,71,78)(H,80,81)/b31-30-,42-34+/t43-,45?,53+,55-,56?,57+/m0/s1. The third kappa shape index (κ3) is 18.3. The fourth-order valence-electron chi connectivity index (χ4n) is 10.0. The van der Waals surface area contributed by atoms with Crippen molar-refractivity contribution in [2.24, 2.45) is 23.2 Å². The number of nitrogens with zero attached hydrogens (tertiary/aromatic N) is 2. The van der Waals surface area contributed by atoms with Crippen molar-refractivity contribution in [3.8, 4) is 0 Å². The number of para-hydroxylation sites is 1. The predicted molar refractivity (Wildman–Crippen MR) is 326 cm³/mol. The Morgan fingerprint density at radius 2 is 1.40 bits per heavy atom. The van der Waals surface area contributed by atoms with E-state index < -0.39 is 76.7 Å². The van der Waals surface area contributed by atoms with Crippen LogP contribution >= 0.6 is 0 Å². The van der Waals surface area contributed by atoms with Crippen LogP contribution in [-0.2, 0) is 56.9 Å². The van der Waals surface area contributed by atoms with Crippen LogP contribution in [0.25, 0.3) is 12.2 Å². The summed E-state index contributed by atoms with van der Waals surface area (Å²) in [5.41, 5.74) is 4.60. The van der Waals surface area contributed by atoms with Gasteiger partial charge in [-0.05, 0) is 109 Å². The molecule has 0 aliphatic carbocycles. The van der Waals surface area contributed by atoms with Crippen LogP contribution in [0, 0.1) is 23.2 Å². The molecule has 7 N–H and O–H groups in total. The molecule has 0 bridgehead atoms. The van der Waals surface area contributed by atoms with E-state index in [0.29, 0.717) is 41.9 Å². The number of nitrogens with one attached hydrogen (secondary N) is 6. The molecule has 0 spiro atoms. The third-order valence-corrected chi connectivity index (χ3v) is 15.2. The molecule has 5 rings (SSSR count). The minimum absolute atomic E-state index is 0.0412. The van der Waals surface area contributed by atoms with Gasteiger partial charge in [-0.3, -0.25) is 29.3 Å². The van der Waals surface area contributed by atoms with E-state index in [1.807, 2.05) is 128 Å². The molecule has 1 aliphatic rings. The number of carbonyl (C=O) groups is 8. The summed E-state index contributed by atoms with van der Waals surface area (Å²) in [6, 6.07) is 25.5. The van der Waals surface area contributed by atoms with Gasteiger partial charge in [-0.15, -0.1) is 0 Å². The summed E-state index contributed by atoms with van der Waals surface area (Å²) in [5, 5.41) is 27.2. The molecule has 4 aromatic rings. The van der Waals surface area contributed by atoms with E-state index in [2.05, 4.69) is 38.0 Å². The average Bonchev–Trinajstić information content (AvgIpc) is 3.48. The zero-order valence-corrected chi connectivity index (χ0v) is 50.4. The lowest BCUT2D eigenvalue weighted by Gasteiger charge is -2.40. The Balaban J connectivity index is 1.09. The largest absolute Gasteiger partial charge is 0.478 e. The van der Waals surface area contributed by atoms with Crippen molar-refractivity contribution in [1.29, 1.82) is 0 Å². The second kappa shape index (κ2) is 29.8. The Bertz CT molecular complexity index is 3000. The topological polar surface area (TPSA) is 245 Å². The SMILES string of the molecule is CNC(C(=O)N[C@H](C(=O)N(C)[C@H](/C=C(\C)C(=O)O)C(C)C)C(C)(C)C)C(C)(C)c1cccc(NC(=O)OCc2ccc(NC(=O)[C@H](C)NC(=O)[C@@H](NCC(C=O)CCCC(=O)N3Cc4ccccc4/C=C\c4ccccc43)C(C)C)cc2)c1. The fourth-order valence-corrected chi connectivity index (χ4v) is 10.0. The molecule has 83 heavy (non-hydrogen) atoms. The highest BCUT2D eigenvalue weighted by Gasteiger charge is 2.42. The monoisotopic (exact) mass is 1140 g/mol. The Kier molecular flexibility index (Phi) is 23.7. The van der Waals surface area contributed by atoms with Crippen LogP contribution in [0.15, 0.2) is 109 Å². The van der Waals surface area contributed by atoms with Gasteiger partial charge in [-0.2, -0.15) is 0 Å². The van der Waals surface area contributed by atoms with E-state index in [1.165, 1.54) is 11.8 Å². The third-order valence-electron chi connectivity index (χ3n) is 15.2. The van der Waals surface area contributed by atoms with Crippen LogP contribution in [0.1, 0.15) is 123 Å². The molecule has 0 saturated carbocycles. The lowest BCUT2D eigenvalue weighted by molar-refractivity contribution is -0.141. The first-order chi connectivity index (χ1) is 39.2. The molecule has 2 unspecified atom stereocenters. The molecule has 4 aromatic carbocycles. The first kappa shape index (κ1) is 65.8. The zero-order valence-electron chi connectivity index (χ0n) is 50.4. The number of rotatable bonds is 26. The van der Waals surface area contributed by atoms with Gasteiger partial charge in [0.25, 0.3) is 0 Å². The summed E-state index contributed by atoms with van der Waals surface area (Å²) in [6.45, 7) is 20.4. The average molecular weight is 1140 g/mol. The van der Waals surface area contributed by atoms with E-state index in [0.717, 1.165) is 28.7 Å². The predicted octanol–water partition coefficient (Wildman–Crippen LogP) is 9.11. The molecule has 1 aliphatic heterocycles. The quantitative estimate of drug-likeness (QED) is 0.0230. The van der Waals surface area contributed by atoms with Crippen molar-refractivity contribution in [3.63, 3.8) is 0 Å². The van der Waals surface area contributed by atoms with Gasteiger partial charge in [-0.1, -0.05) is 147 Å². The molecule has 18 nitrogen and oxygen atoms in total. The van der Waals surface area contributed by atoms with Crippen molar-refractivity contribution >= 4 is 77.1 Å². The molecule has 0 fully saturated rings. The Morgan fingerprint density at radius 3 is 2.02 bits per heavy atom. The highest BCUT2D eigenvalue weighted by molar-refractivity contribution is 5.98. The number of likely N-dealkylation sites (N-methyl/N-ethyl adjacent to an activating group) is 2. The van der Waals surface area contributed by atoms with Crippen molar-refractivity contribution < 1.29 is 48.2 Å². The number of anilines is 3. The minimum Gasteiger partial charge on any atom is -0.478 e. The molecule has 1 heterocycles. The van der Waals surface area contributed by atoms with E-state index in [1.54, 1.807) is 69.6 Å². The zero-order chi connectivity index (χ0) is 61.3. The van der Waals surface area contributed by atoms with E-state index in [9.17, 15) is 43.5 Å². The van der Waals surface area contributed by atoms with Gasteiger partial charge in [0.15, 0.2) is 0 Å². The Morgan fingerprint density at radius 1 is 0.747 bits per heavy atom. The van der Waals surface area contributed by atoms with Gasteiger partial charge in [-0.25, -0.2) is 9.59 Å². The normalized spacial score (nSPS) is 15.1. The van der Waals surface area contributed by atoms with Crippen molar-refractivity contribution in [3.05, 3.63) is 137 Å². The van der Waals surface area contributed by atoms with Crippen LogP contribution in [0.4, 0.5) is 21.9 Å². The molecule has 18 heteroatoms. The first-order valence-corrected chi connectivity index (χ1v) is 28.4. The summed E-state index contributed by atoms with van der Waals surface area (Å²) < 4.78 is 5.54. The first-order valence-electron chi connectivity index (χ1n) is 28.4. The number of carboxylic acids is 1. The maximum atomic E-state index is 14.2. The number of fused-ring (bicyclic) bond motifs is 2. The van der Waals surface area contributed by atoms with Crippen LogP contribution in [0.3, 0.4) is 0 Å². The number of amides is 6. The second-order valence-electron chi connectivity index (χ2n) is 23.8. The maximum absolute atomic E-state index is 14.2. The summed E-state index contributed by atoms with van der Waals surface area (Å²) >= 11 is 0. The molecule has 0 aromatic heterocycles. The second-order valence-corrected chi connectivity index (χ2v) is 23.8. The molecule has 0 radical (unpaired) electrons. The van der Waals surface area contributed by atoms with Gasteiger partial charge in [0.2, 0.25) is 29.5 Å². The van der Waals surface area contributed by atoms with Gasteiger partial charge in [0, 0.05) is 48.3 Å². The van der Waals surface area contributed by atoms with Crippen molar-refractivity contribution in [2.75, 3.05) is 36.2 Å². The number of carbonyl (C=O) groups excluding carboxylic acids is 7. The molecule has 0 saturated heterocycles. The highest BCUT2D eigenvalue weighted by Crippen LogP contribution is 2.32. The number of ether oxygens (including phenoxy) is 1. The number of benzene rings is 4. The number of hydrogen-bond acceptors (Lipinski definition) is 11. The highest BCUT2D eigenvalue weighted by atomic mass is 16.5. The molecule has 446 valence electrons. The smallest absolute Gasteiger partial charge is 0.411 e. The van der Waals surface area contributed by atoms with Crippen LogP contribution in [-0.4, -0.2) is 109 Å². The minimum atomic E-state index is -1.08. The molecular formula is C65H86N8O10. The summed E-state index contributed by atoms with van der Waals surface area (Å²) in [7, 11) is 3.27. The summed E-state index contributed by atoms with van der Waals surface area (Å²) in [4.78, 5) is 109. The number of aliphatic carboxylic acids is 1. The number of carboxylic acid groups (broad SMARTS) is 1. The van der Waals surface area contributed by atoms with Gasteiger partial charge >= 0.3 is 12.1 Å². The Labute approximate surface area is 489 Å². The van der Waals surface area contributed by atoms with Crippen LogP contribution in [0.5, 0.6) is 0 Å². The number of hydrogen-bond donors (Lipinski definition) is 7. The maximum Gasteiger partial charge on any atom is 0.411 e. The van der Waals surface area contributed by atoms with E-state index in [4.69, 9.17) is 4.74 Å². The van der Waals surface area contributed by atoms with E-state index >= 15 is 0 Å². The van der Waals surface area contributed by atoms with Gasteiger partial charge in [0.1, 0.15) is 25.0 Å². The Hall–Kier alpha value is -7.96. The molecular weight excluding hydrogens is 1050 g/mol. The van der Waals surface area contributed by atoms with E-state index in [-0.39, 0.29) is 48.8 Å². The van der Waals surface area contributed by atoms with Crippen LogP contribution in [0.2, 0.25) is 0 Å². The van der Waals surface area contributed by atoms with Crippen molar-refractivity contribution in [2.45, 2.75) is 144 Å². The fraction of sp³-hybridized carbons (Fsp3) is 0.446. The summed E-state index contributed by atoms with van der Waals surface area (Å²) in [6.07, 6.45) is 6.93. The number of aldehydes is 1.